The molecule has 1 aromatic carbocycles. The van der Waals surface area contributed by atoms with Gasteiger partial charge < -0.3 is 5.32 Å². The van der Waals surface area contributed by atoms with Gasteiger partial charge in [-0.3, -0.25) is 4.79 Å². The first kappa shape index (κ1) is 15.4. The van der Waals surface area contributed by atoms with Gasteiger partial charge in [-0.15, -0.1) is 0 Å². The fourth-order valence-corrected chi connectivity index (χ4v) is 2.52. The third kappa shape index (κ3) is 3.98. The van der Waals surface area contributed by atoms with Crippen LogP contribution in [0.4, 0.5) is 13.2 Å². The zero-order chi connectivity index (χ0) is 14.9. The predicted molar refractivity (Wildman–Crippen MR) is 73.4 cm³/mol. The normalized spacial score (nSPS) is 16.9. The molecule has 110 valence electrons. The van der Waals surface area contributed by atoms with Gasteiger partial charge in [-0.2, -0.15) is 13.2 Å². The number of carbonyl (C=O) groups excluding carboxylic acids is 1. The summed E-state index contributed by atoms with van der Waals surface area (Å²) in [5, 5.41) is 2.75. The van der Waals surface area contributed by atoms with Gasteiger partial charge in [0.2, 0.25) is 0 Å². The van der Waals surface area contributed by atoms with Crippen molar-refractivity contribution >= 4 is 21.8 Å². The van der Waals surface area contributed by atoms with Crippen LogP contribution in [-0.4, -0.2) is 11.9 Å². The molecule has 0 aliphatic heterocycles. The van der Waals surface area contributed by atoms with Crippen LogP contribution in [0.1, 0.15) is 42.1 Å². The Balaban J connectivity index is 2.11. The van der Waals surface area contributed by atoms with Crippen molar-refractivity contribution in [2.24, 2.45) is 5.92 Å². The van der Waals surface area contributed by atoms with Crippen molar-refractivity contribution in [3.8, 4) is 0 Å². The number of hydrogen-bond acceptors (Lipinski definition) is 1. The molecule has 1 unspecified atom stereocenters. The highest BCUT2D eigenvalue weighted by atomic mass is 79.9. The quantitative estimate of drug-likeness (QED) is 0.858. The van der Waals surface area contributed by atoms with Crippen molar-refractivity contribution in [2.45, 2.75) is 38.4 Å². The van der Waals surface area contributed by atoms with Crippen molar-refractivity contribution < 1.29 is 18.0 Å². The van der Waals surface area contributed by atoms with Crippen LogP contribution in [0.25, 0.3) is 0 Å². The summed E-state index contributed by atoms with van der Waals surface area (Å²) < 4.78 is 38.3. The highest BCUT2D eigenvalue weighted by Crippen LogP contribution is 2.34. The molecule has 1 aliphatic rings. The number of amides is 1. The SMILES string of the molecule is CC(CC1CC1)NC(=O)c1cc(C(F)(F)F)ccc1Br. The predicted octanol–water partition coefficient (Wildman–Crippen LogP) is 4.39. The van der Waals surface area contributed by atoms with E-state index in [1.807, 2.05) is 6.92 Å². The van der Waals surface area contributed by atoms with Gasteiger partial charge >= 0.3 is 6.18 Å². The molecule has 1 aromatic rings. The van der Waals surface area contributed by atoms with Gasteiger partial charge in [0.05, 0.1) is 11.1 Å². The summed E-state index contributed by atoms with van der Waals surface area (Å²) in [4.78, 5) is 12.0. The first-order chi connectivity index (χ1) is 9.27. The third-order valence-corrected chi connectivity index (χ3v) is 3.99. The van der Waals surface area contributed by atoms with E-state index in [4.69, 9.17) is 0 Å². The molecular weight excluding hydrogens is 335 g/mol. The molecule has 1 fully saturated rings. The largest absolute Gasteiger partial charge is 0.416 e. The smallest absolute Gasteiger partial charge is 0.350 e. The van der Waals surface area contributed by atoms with Gasteiger partial charge in [-0.25, -0.2) is 0 Å². The monoisotopic (exact) mass is 349 g/mol. The Hall–Kier alpha value is -1.04. The molecular formula is C14H15BrF3NO. The van der Waals surface area contributed by atoms with Crippen LogP contribution in [-0.2, 0) is 6.18 Å². The zero-order valence-corrected chi connectivity index (χ0v) is 12.5. The van der Waals surface area contributed by atoms with Crippen LogP contribution in [0.5, 0.6) is 0 Å². The van der Waals surface area contributed by atoms with Crippen molar-refractivity contribution in [1.82, 2.24) is 5.32 Å². The molecule has 2 rings (SSSR count). The molecule has 1 saturated carbocycles. The molecule has 6 heteroatoms. The van der Waals surface area contributed by atoms with Crippen molar-refractivity contribution in [3.05, 3.63) is 33.8 Å². The summed E-state index contributed by atoms with van der Waals surface area (Å²) in [7, 11) is 0. The molecule has 1 N–H and O–H groups in total. The highest BCUT2D eigenvalue weighted by Gasteiger charge is 2.32. The van der Waals surface area contributed by atoms with Crippen LogP contribution in [0.2, 0.25) is 0 Å². The molecule has 0 heterocycles. The maximum absolute atomic E-state index is 12.7. The first-order valence-corrected chi connectivity index (χ1v) is 7.24. The van der Waals surface area contributed by atoms with E-state index in [1.165, 1.54) is 18.9 Å². The fraction of sp³-hybridized carbons (Fsp3) is 0.500. The lowest BCUT2D eigenvalue weighted by Crippen LogP contribution is -2.33. The molecule has 0 radical (unpaired) electrons. The number of halogens is 4. The van der Waals surface area contributed by atoms with E-state index >= 15 is 0 Å². The Morgan fingerprint density at radius 3 is 2.65 bits per heavy atom. The molecule has 0 saturated heterocycles. The second-order valence-electron chi connectivity index (χ2n) is 5.25. The van der Waals surface area contributed by atoms with Gasteiger partial charge in [-0.1, -0.05) is 12.8 Å². The molecule has 1 aliphatic carbocycles. The molecule has 0 spiro atoms. The lowest BCUT2D eigenvalue weighted by Gasteiger charge is -2.15. The van der Waals surface area contributed by atoms with Crippen LogP contribution < -0.4 is 5.32 Å². The van der Waals surface area contributed by atoms with E-state index in [2.05, 4.69) is 21.2 Å². The van der Waals surface area contributed by atoms with E-state index in [1.54, 1.807) is 0 Å². The van der Waals surface area contributed by atoms with Gasteiger partial charge in [-0.05, 0) is 53.4 Å². The summed E-state index contributed by atoms with van der Waals surface area (Å²) in [6.45, 7) is 1.87. The summed E-state index contributed by atoms with van der Waals surface area (Å²) in [6, 6.07) is 3.05. The minimum Gasteiger partial charge on any atom is -0.350 e. The van der Waals surface area contributed by atoms with Gasteiger partial charge in [0, 0.05) is 10.5 Å². The summed E-state index contributed by atoms with van der Waals surface area (Å²) in [6.07, 6.45) is -1.22. The zero-order valence-electron chi connectivity index (χ0n) is 10.9. The minimum atomic E-state index is -4.45. The van der Waals surface area contributed by atoms with Crippen molar-refractivity contribution in [3.63, 3.8) is 0 Å². The Morgan fingerprint density at radius 2 is 2.10 bits per heavy atom. The van der Waals surface area contributed by atoms with Gasteiger partial charge in [0.1, 0.15) is 0 Å². The van der Waals surface area contributed by atoms with Crippen LogP contribution in [0.3, 0.4) is 0 Å². The molecule has 20 heavy (non-hydrogen) atoms. The average Bonchev–Trinajstić information content (AvgIpc) is 3.11. The standard InChI is InChI=1S/C14H15BrF3NO/c1-8(6-9-2-3-9)19-13(20)11-7-10(14(16,17)18)4-5-12(11)15/h4-5,7-9H,2-3,6H2,1H3,(H,19,20). The van der Waals surface area contributed by atoms with Crippen molar-refractivity contribution in [1.29, 1.82) is 0 Å². The van der Waals surface area contributed by atoms with E-state index in [9.17, 15) is 18.0 Å². The maximum atomic E-state index is 12.7. The van der Waals surface area contributed by atoms with E-state index in [0.717, 1.165) is 18.6 Å². The number of alkyl halides is 3. The topological polar surface area (TPSA) is 29.1 Å². The van der Waals surface area contributed by atoms with Crippen LogP contribution >= 0.6 is 15.9 Å². The van der Waals surface area contributed by atoms with E-state index in [-0.39, 0.29) is 11.6 Å². The number of rotatable bonds is 4. The van der Waals surface area contributed by atoms with Crippen molar-refractivity contribution in [2.75, 3.05) is 0 Å². The van der Waals surface area contributed by atoms with E-state index in [0.29, 0.717) is 10.4 Å². The van der Waals surface area contributed by atoms with E-state index < -0.39 is 17.6 Å². The van der Waals surface area contributed by atoms with Gasteiger partial charge in [0.25, 0.3) is 5.91 Å². The van der Waals surface area contributed by atoms with Gasteiger partial charge in [0.15, 0.2) is 0 Å². The van der Waals surface area contributed by atoms with Crippen LogP contribution in [0.15, 0.2) is 22.7 Å². The number of benzene rings is 1. The Bertz CT molecular complexity index is 512. The third-order valence-electron chi connectivity index (χ3n) is 3.30. The molecule has 0 aromatic heterocycles. The number of nitrogens with one attached hydrogen (secondary N) is 1. The summed E-state index contributed by atoms with van der Waals surface area (Å²) >= 11 is 3.12. The fourth-order valence-electron chi connectivity index (χ4n) is 2.09. The van der Waals surface area contributed by atoms with Crippen LogP contribution in [0, 0.1) is 5.92 Å². The molecule has 1 amide bonds. The second-order valence-corrected chi connectivity index (χ2v) is 6.10. The first-order valence-electron chi connectivity index (χ1n) is 6.45. The summed E-state index contributed by atoms with van der Waals surface area (Å²) in [5.41, 5.74) is -0.803. The Morgan fingerprint density at radius 1 is 1.45 bits per heavy atom. The average molecular weight is 350 g/mol. The summed E-state index contributed by atoms with van der Waals surface area (Å²) in [5.74, 6) is 0.173. The minimum absolute atomic E-state index is 0.0162. The Labute approximate surface area is 123 Å². The molecule has 1 atom stereocenters. The Kier molecular flexibility index (Phi) is 4.42. The maximum Gasteiger partial charge on any atom is 0.416 e. The lowest BCUT2D eigenvalue weighted by atomic mass is 10.1. The lowest BCUT2D eigenvalue weighted by molar-refractivity contribution is -0.137. The second kappa shape index (κ2) is 5.76. The highest BCUT2D eigenvalue weighted by molar-refractivity contribution is 9.10. The number of carbonyl (C=O) groups is 1. The number of hydrogen-bond donors (Lipinski definition) is 1. The molecule has 0 bridgehead atoms. The molecule has 2 nitrogen and oxygen atoms in total.